The van der Waals surface area contributed by atoms with Gasteiger partial charge in [0.05, 0.1) is 19.2 Å². The minimum atomic E-state index is -2.84. The van der Waals surface area contributed by atoms with E-state index in [1.165, 1.54) is 10.4 Å². The van der Waals surface area contributed by atoms with E-state index in [-0.39, 0.29) is 10.4 Å². The molecule has 0 amide bonds. The molecule has 0 bridgehead atoms. The first-order chi connectivity index (χ1) is 14.2. The van der Waals surface area contributed by atoms with Gasteiger partial charge in [0, 0.05) is 6.54 Å². The van der Waals surface area contributed by atoms with Gasteiger partial charge in [0.2, 0.25) is 0 Å². The van der Waals surface area contributed by atoms with Crippen molar-refractivity contribution in [2.75, 3.05) is 6.54 Å². The maximum Gasteiger partial charge on any atom is 0.286 e. The molecule has 6 heteroatoms. The van der Waals surface area contributed by atoms with Crippen molar-refractivity contribution in [1.82, 2.24) is 0 Å². The van der Waals surface area contributed by atoms with Crippen LogP contribution in [-0.2, 0) is 8.85 Å². The molecule has 2 unspecified atom stereocenters. The van der Waals surface area contributed by atoms with E-state index in [1.54, 1.807) is 0 Å². The van der Waals surface area contributed by atoms with Crippen molar-refractivity contribution in [2.45, 2.75) is 70.2 Å². The van der Waals surface area contributed by atoms with E-state index in [0.29, 0.717) is 6.54 Å². The zero-order valence-corrected chi connectivity index (χ0v) is 23.3. The number of benzene rings is 2. The Hall–Kier alpha value is -1.03. The number of hydrogen-bond donors (Lipinski definition) is 1. The van der Waals surface area contributed by atoms with Crippen molar-refractivity contribution in [2.24, 2.45) is 5.73 Å². The molecule has 2 rings (SSSR count). The fourth-order valence-corrected chi connectivity index (χ4v) is 14.6. The standard InChI is InChI=1S/C24H41NO2Si3/c1-8-23(3,26-29(6)7)30(21-16-12-10-13-17-21,22-18-14-11-15-19-22)27-24(9-2,20-25)28(4)5/h10-19,28-29H,8-9,20,25H2,1-7H3. The number of nitrogens with two attached hydrogens (primary N) is 1. The van der Waals surface area contributed by atoms with Crippen molar-refractivity contribution in [1.29, 1.82) is 0 Å². The molecule has 2 atom stereocenters. The molecule has 2 aromatic carbocycles. The van der Waals surface area contributed by atoms with E-state index in [1.807, 2.05) is 0 Å². The fourth-order valence-electron chi connectivity index (χ4n) is 4.61. The maximum atomic E-state index is 7.59. The summed E-state index contributed by atoms with van der Waals surface area (Å²) in [5.74, 6) is 0. The predicted octanol–water partition coefficient (Wildman–Crippen LogP) is 3.60. The van der Waals surface area contributed by atoms with Gasteiger partial charge in [-0.15, -0.1) is 0 Å². The molecule has 0 aromatic heterocycles. The van der Waals surface area contributed by atoms with Crippen molar-refractivity contribution in [3.05, 3.63) is 60.7 Å². The normalized spacial score (nSPS) is 16.5. The van der Waals surface area contributed by atoms with Gasteiger partial charge in [-0.25, -0.2) is 0 Å². The fraction of sp³-hybridized carbons (Fsp3) is 0.500. The van der Waals surface area contributed by atoms with Gasteiger partial charge in [-0.05, 0) is 43.2 Å². The summed E-state index contributed by atoms with van der Waals surface area (Å²) < 4.78 is 14.5. The van der Waals surface area contributed by atoms with E-state index in [0.717, 1.165) is 12.8 Å². The van der Waals surface area contributed by atoms with Gasteiger partial charge in [0.25, 0.3) is 8.32 Å². The molecule has 30 heavy (non-hydrogen) atoms. The molecular weight excluding hydrogens is 419 g/mol. The Bertz CT molecular complexity index is 727. The Morgan fingerprint density at radius 3 is 1.60 bits per heavy atom. The smallest absolute Gasteiger partial charge is 0.286 e. The van der Waals surface area contributed by atoms with Gasteiger partial charge in [-0.2, -0.15) is 0 Å². The Balaban J connectivity index is 2.93. The second-order valence-corrected chi connectivity index (χ2v) is 18.5. The molecule has 0 saturated heterocycles. The topological polar surface area (TPSA) is 44.5 Å². The predicted molar refractivity (Wildman–Crippen MR) is 139 cm³/mol. The highest BCUT2D eigenvalue weighted by Gasteiger charge is 2.59. The Morgan fingerprint density at radius 1 is 0.833 bits per heavy atom. The third-order valence-electron chi connectivity index (χ3n) is 6.63. The summed E-state index contributed by atoms with van der Waals surface area (Å²) in [6.45, 7) is 16.6. The number of rotatable bonds is 11. The van der Waals surface area contributed by atoms with Crippen LogP contribution >= 0.6 is 0 Å². The zero-order valence-electron chi connectivity index (χ0n) is 19.9. The molecule has 3 nitrogen and oxygen atoms in total. The molecule has 0 aliphatic carbocycles. The first-order valence-corrected chi connectivity index (χ1v) is 19.0. The van der Waals surface area contributed by atoms with Crippen LogP contribution < -0.4 is 16.1 Å². The summed E-state index contributed by atoms with van der Waals surface area (Å²) in [4.78, 5) is 0. The van der Waals surface area contributed by atoms with E-state index in [9.17, 15) is 0 Å². The lowest BCUT2D eigenvalue weighted by Crippen LogP contribution is -2.79. The van der Waals surface area contributed by atoms with Crippen LogP contribution in [0.25, 0.3) is 0 Å². The van der Waals surface area contributed by atoms with Gasteiger partial charge in [-0.1, -0.05) is 87.6 Å². The molecule has 0 radical (unpaired) electrons. The van der Waals surface area contributed by atoms with Crippen LogP contribution in [0.2, 0.25) is 26.2 Å². The van der Waals surface area contributed by atoms with Gasteiger partial charge in [0.15, 0.2) is 9.04 Å². The van der Waals surface area contributed by atoms with Crippen LogP contribution in [0.15, 0.2) is 60.7 Å². The second-order valence-electron chi connectivity index (χ2n) is 9.04. The van der Waals surface area contributed by atoms with Crippen molar-refractivity contribution in [3.63, 3.8) is 0 Å². The van der Waals surface area contributed by atoms with Crippen LogP contribution in [0.4, 0.5) is 0 Å². The monoisotopic (exact) mass is 459 g/mol. The second kappa shape index (κ2) is 10.5. The highest BCUT2D eigenvalue weighted by molar-refractivity contribution is 7.00. The molecule has 0 saturated carbocycles. The highest BCUT2D eigenvalue weighted by Crippen LogP contribution is 2.35. The Morgan fingerprint density at radius 2 is 1.30 bits per heavy atom. The van der Waals surface area contributed by atoms with Gasteiger partial charge in [0.1, 0.15) is 0 Å². The molecule has 0 spiro atoms. The lowest BCUT2D eigenvalue weighted by molar-refractivity contribution is 0.0848. The molecule has 2 aromatic rings. The van der Waals surface area contributed by atoms with Gasteiger partial charge < -0.3 is 14.6 Å². The van der Waals surface area contributed by atoms with E-state index >= 15 is 0 Å². The van der Waals surface area contributed by atoms with Crippen molar-refractivity contribution < 1.29 is 8.85 Å². The third kappa shape index (κ3) is 4.74. The molecule has 0 aliphatic heterocycles. The lowest BCUT2D eigenvalue weighted by atomic mass is 10.3. The Labute approximate surface area is 188 Å². The summed E-state index contributed by atoms with van der Waals surface area (Å²) in [6, 6.07) is 21.7. The SMILES string of the molecule is CCC(CN)(O[Si](c1ccccc1)(c1ccccc1)C(C)(CC)O[SiH](C)C)[SiH](C)C. The van der Waals surface area contributed by atoms with Crippen LogP contribution in [0, 0.1) is 0 Å². The molecule has 0 aliphatic rings. The summed E-state index contributed by atoms with van der Waals surface area (Å²) in [7, 11) is -5.42. The largest absolute Gasteiger partial charge is 0.415 e. The van der Waals surface area contributed by atoms with Crippen molar-refractivity contribution >= 4 is 36.5 Å². The quantitative estimate of drug-likeness (QED) is 0.522. The van der Waals surface area contributed by atoms with Gasteiger partial charge >= 0.3 is 0 Å². The first-order valence-electron chi connectivity index (χ1n) is 11.4. The highest BCUT2D eigenvalue weighted by atomic mass is 28.4. The molecule has 0 fully saturated rings. The van der Waals surface area contributed by atoms with Crippen LogP contribution in [-0.4, -0.2) is 43.1 Å². The molecule has 2 N–H and O–H groups in total. The minimum Gasteiger partial charge on any atom is -0.415 e. The summed E-state index contributed by atoms with van der Waals surface area (Å²) >= 11 is 0. The summed E-state index contributed by atoms with van der Waals surface area (Å²) in [5, 5.41) is 1.90. The van der Waals surface area contributed by atoms with Gasteiger partial charge in [-0.3, -0.25) is 0 Å². The lowest BCUT2D eigenvalue weighted by Gasteiger charge is -2.53. The van der Waals surface area contributed by atoms with E-state index in [4.69, 9.17) is 14.6 Å². The Kier molecular flexibility index (Phi) is 8.85. The molecular formula is C24H41NO2Si3. The van der Waals surface area contributed by atoms with E-state index in [2.05, 4.69) is 108 Å². The average molecular weight is 460 g/mol. The van der Waals surface area contributed by atoms with Crippen LogP contribution in [0.1, 0.15) is 33.6 Å². The molecule has 0 heterocycles. The minimum absolute atomic E-state index is 0.268. The third-order valence-corrected chi connectivity index (χ3v) is 15.9. The first kappa shape index (κ1) is 25.2. The van der Waals surface area contributed by atoms with Crippen molar-refractivity contribution in [3.8, 4) is 0 Å². The summed E-state index contributed by atoms with van der Waals surface area (Å²) in [6.07, 6.45) is 1.83. The summed E-state index contributed by atoms with van der Waals surface area (Å²) in [5.41, 5.74) is 6.47. The molecule has 166 valence electrons. The number of hydrogen-bond acceptors (Lipinski definition) is 3. The van der Waals surface area contributed by atoms with Crippen LogP contribution in [0.5, 0.6) is 0 Å². The average Bonchev–Trinajstić information content (AvgIpc) is 2.75. The van der Waals surface area contributed by atoms with Crippen LogP contribution in [0.3, 0.4) is 0 Å². The van der Waals surface area contributed by atoms with E-state index < -0.39 is 26.2 Å². The zero-order chi connectivity index (χ0) is 22.4. The maximum absolute atomic E-state index is 7.59.